The highest BCUT2D eigenvalue weighted by Crippen LogP contribution is 2.32. The molecule has 0 saturated carbocycles. The van der Waals surface area contributed by atoms with Crippen LogP contribution in [0.3, 0.4) is 0 Å². The first-order valence-corrected chi connectivity index (χ1v) is 9.22. The van der Waals surface area contributed by atoms with Crippen LogP contribution < -0.4 is 4.74 Å². The molecule has 0 saturated heterocycles. The van der Waals surface area contributed by atoms with Crippen LogP contribution >= 0.6 is 0 Å². The lowest BCUT2D eigenvalue weighted by atomic mass is 10.1. The van der Waals surface area contributed by atoms with E-state index in [-0.39, 0.29) is 0 Å². The third-order valence-electron chi connectivity index (χ3n) is 4.15. The molecular weight excluding hydrogens is 419 g/mol. The number of benzene rings is 1. The number of hydrogen-bond acceptors (Lipinski definition) is 7. The maximum Gasteiger partial charge on any atom is 0.490 e. The molecule has 1 aromatic carbocycles. The van der Waals surface area contributed by atoms with Crippen LogP contribution in [-0.4, -0.2) is 62.8 Å². The molecule has 0 bridgehead atoms. The van der Waals surface area contributed by atoms with Crippen LogP contribution in [0.5, 0.6) is 5.88 Å². The molecule has 0 amide bonds. The Kier molecular flexibility index (Phi) is 6.59. The minimum atomic E-state index is -5.08. The maximum atomic E-state index is 10.6. The van der Waals surface area contributed by atoms with Gasteiger partial charge in [-0.15, -0.1) is 0 Å². The number of fused-ring (bicyclic) bond motifs is 1. The summed E-state index contributed by atoms with van der Waals surface area (Å²) in [5.41, 5.74) is 2.92. The van der Waals surface area contributed by atoms with E-state index in [4.69, 9.17) is 19.2 Å². The van der Waals surface area contributed by atoms with Crippen molar-refractivity contribution in [3.63, 3.8) is 0 Å². The molecular formula is C19H20F3N5O4. The molecule has 3 heterocycles. The number of ether oxygens (including phenoxy) is 1. The highest BCUT2D eigenvalue weighted by atomic mass is 19.4. The molecule has 0 spiro atoms. The van der Waals surface area contributed by atoms with Crippen molar-refractivity contribution in [1.29, 1.82) is 0 Å². The summed E-state index contributed by atoms with van der Waals surface area (Å²) in [6.07, 6.45) is -2.40. The molecule has 0 fully saturated rings. The first kappa shape index (κ1) is 22.3. The SMILES string of the molecule is CN(C)Cc1ccc(-c2noc(-c3cnn4c3OCCC4)n2)cc1.O=C(O)C(F)(F)F. The quantitative estimate of drug-likeness (QED) is 0.661. The maximum absolute atomic E-state index is 10.6. The van der Waals surface area contributed by atoms with Crippen molar-refractivity contribution in [1.82, 2.24) is 24.8 Å². The lowest BCUT2D eigenvalue weighted by Crippen LogP contribution is -2.21. The molecule has 12 heteroatoms. The fraction of sp³-hybridized carbons (Fsp3) is 0.368. The Hall–Kier alpha value is -3.41. The highest BCUT2D eigenvalue weighted by Gasteiger charge is 2.38. The number of hydrogen-bond donors (Lipinski definition) is 1. The Labute approximate surface area is 175 Å². The zero-order valence-corrected chi connectivity index (χ0v) is 16.8. The van der Waals surface area contributed by atoms with Crippen LogP contribution in [0, 0.1) is 0 Å². The van der Waals surface area contributed by atoms with Crippen LogP contribution in [-0.2, 0) is 17.9 Å². The van der Waals surface area contributed by atoms with Gasteiger partial charge >= 0.3 is 12.1 Å². The van der Waals surface area contributed by atoms with Crippen molar-refractivity contribution < 1.29 is 32.3 Å². The van der Waals surface area contributed by atoms with Gasteiger partial charge in [0.2, 0.25) is 11.7 Å². The molecule has 0 atom stereocenters. The number of carbonyl (C=O) groups is 1. The first-order chi connectivity index (χ1) is 14.6. The van der Waals surface area contributed by atoms with Crippen LogP contribution in [0.4, 0.5) is 13.2 Å². The molecule has 166 valence electrons. The summed E-state index contributed by atoms with van der Waals surface area (Å²) in [4.78, 5) is 15.5. The molecule has 1 N–H and O–H groups in total. The van der Waals surface area contributed by atoms with Gasteiger partial charge in [-0.2, -0.15) is 23.3 Å². The number of halogens is 3. The fourth-order valence-corrected chi connectivity index (χ4v) is 2.79. The number of aryl methyl sites for hydroxylation is 1. The molecule has 1 aliphatic heterocycles. The summed E-state index contributed by atoms with van der Waals surface area (Å²) >= 11 is 0. The summed E-state index contributed by atoms with van der Waals surface area (Å²) in [5, 5.41) is 15.5. The zero-order chi connectivity index (χ0) is 22.6. The lowest BCUT2D eigenvalue weighted by molar-refractivity contribution is -0.192. The van der Waals surface area contributed by atoms with E-state index in [9.17, 15) is 13.2 Å². The summed E-state index contributed by atoms with van der Waals surface area (Å²) in [5.74, 6) is -1.05. The molecule has 3 aromatic rings. The van der Waals surface area contributed by atoms with Gasteiger partial charge < -0.3 is 19.3 Å². The molecule has 1 aliphatic rings. The Morgan fingerprint density at radius 2 is 1.94 bits per heavy atom. The van der Waals surface area contributed by atoms with Crippen molar-refractivity contribution in [3.05, 3.63) is 36.0 Å². The Bertz CT molecular complexity index is 1030. The van der Waals surface area contributed by atoms with Gasteiger partial charge in [-0.05, 0) is 19.7 Å². The number of aromatic nitrogens is 4. The van der Waals surface area contributed by atoms with Gasteiger partial charge in [0.25, 0.3) is 5.89 Å². The largest absolute Gasteiger partial charge is 0.490 e. The topological polar surface area (TPSA) is 107 Å². The van der Waals surface area contributed by atoms with E-state index in [1.807, 2.05) is 30.9 Å². The smallest absolute Gasteiger partial charge is 0.477 e. The molecule has 2 aromatic heterocycles. The minimum absolute atomic E-state index is 0.436. The summed E-state index contributed by atoms with van der Waals surface area (Å²) in [6.45, 7) is 2.44. The Morgan fingerprint density at radius 1 is 1.26 bits per heavy atom. The van der Waals surface area contributed by atoms with Gasteiger partial charge in [0.05, 0.1) is 12.8 Å². The highest BCUT2D eigenvalue weighted by molar-refractivity contribution is 5.73. The summed E-state index contributed by atoms with van der Waals surface area (Å²) in [6, 6.07) is 8.18. The normalized spacial score (nSPS) is 13.2. The second-order valence-corrected chi connectivity index (χ2v) is 6.95. The van der Waals surface area contributed by atoms with Crippen molar-refractivity contribution in [2.75, 3.05) is 20.7 Å². The number of carboxylic acids is 1. The van der Waals surface area contributed by atoms with Crippen molar-refractivity contribution in [3.8, 4) is 28.7 Å². The third kappa shape index (κ3) is 5.60. The average molecular weight is 439 g/mol. The lowest BCUT2D eigenvalue weighted by Gasteiger charge is -2.14. The Balaban J connectivity index is 0.000000339. The van der Waals surface area contributed by atoms with Gasteiger partial charge in [0.15, 0.2) is 0 Å². The van der Waals surface area contributed by atoms with Gasteiger partial charge in [-0.3, -0.25) is 0 Å². The number of carboxylic acid groups (broad SMARTS) is 1. The van der Waals surface area contributed by atoms with Crippen molar-refractivity contribution >= 4 is 5.97 Å². The summed E-state index contributed by atoms with van der Waals surface area (Å²) < 4.78 is 44.7. The second-order valence-electron chi connectivity index (χ2n) is 6.95. The van der Waals surface area contributed by atoms with Crippen LogP contribution in [0.25, 0.3) is 22.8 Å². The van der Waals surface area contributed by atoms with E-state index in [1.54, 1.807) is 6.20 Å². The van der Waals surface area contributed by atoms with Gasteiger partial charge in [-0.1, -0.05) is 29.4 Å². The molecule has 0 radical (unpaired) electrons. The molecule has 0 aliphatic carbocycles. The van der Waals surface area contributed by atoms with E-state index in [2.05, 4.69) is 32.3 Å². The number of alkyl halides is 3. The average Bonchev–Trinajstić information content (AvgIpc) is 3.35. The molecule has 4 rings (SSSR count). The van der Waals surface area contributed by atoms with Crippen molar-refractivity contribution in [2.45, 2.75) is 25.7 Å². The third-order valence-corrected chi connectivity index (χ3v) is 4.15. The number of aliphatic carboxylic acids is 1. The van der Waals surface area contributed by atoms with Crippen LogP contribution in [0.2, 0.25) is 0 Å². The van der Waals surface area contributed by atoms with Crippen molar-refractivity contribution in [2.24, 2.45) is 0 Å². The van der Waals surface area contributed by atoms with E-state index < -0.39 is 12.1 Å². The monoisotopic (exact) mass is 439 g/mol. The van der Waals surface area contributed by atoms with E-state index in [0.29, 0.717) is 24.2 Å². The van der Waals surface area contributed by atoms with Crippen LogP contribution in [0.15, 0.2) is 35.0 Å². The van der Waals surface area contributed by atoms with Crippen LogP contribution in [0.1, 0.15) is 12.0 Å². The fourth-order valence-electron chi connectivity index (χ4n) is 2.79. The van der Waals surface area contributed by atoms with E-state index >= 15 is 0 Å². The predicted molar refractivity (Wildman–Crippen MR) is 102 cm³/mol. The number of rotatable bonds is 4. The van der Waals surface area contributed by atoms with E-state index in [0.717, 1.165) is 30.6 Å². The standard InChI is InChI=1S/C17H19N5O2.C2HF3O2/c1-21(2)11-12-4-6-13(7-5-12)15-19-16(24-20-15)14-10-18-22-8-3-9-23-17(14)22;3-2(4,5)1(6)7/h4-7,10H,3,8-9,11H2,1-2H3;(H,6,7). The molecule has 31 heavy (non-hydrogen) atoms. The Morgan fingerprint density at radius 3 is 2.55 bits per heavy atom. The van der Waals surface area contributed by atoms with Gasteiger partial charge in [0, 0.05) is 25.1 Å². The molecule has 0 unspecified atom stereocenters. The second kappa shape index (κ2) is 9.16. The first-order valence-electron chi connectivity index (χ1n) is 9.22. The van der Waals surface area contributed by atoms with Gasteiger partial charge in [-0.25, -0.2) is 9.48 Å². The number of nitrogens with zero attached hydrogens (tertiary/aromatic N) is 5. The summed E-state index contributed by atoms with van der Waals surface area (Å²) in [7, 11) is 4.10. The van der Waals surface area contributed by atoms with E-state index in [1.165, 1.54) is 5.56 Å². The molecule has 9 nitrogen and oxygen atoms in total. The zero-order valence-electron chi connectivity index (χ0n) is 16.8. The van der Waals surface area contributed by atoms with Gasteiger partial charge in [0.1, 0.15) is 5.56 Å². The minimum Gasteiger partial charge on any atom is -0.477 e. The predicted octanol–water partition coefficient (Wildman–Crippen LogP) is 3.08.